The number of nitrogens with zero attached hydrogens (tertiary/aromatic N) is 3. The molecule has 0 spiro atoms. The van der Waals surface area contributed by atoms with E-state index in [9.17, 15) is 9.90 Å². The Labute approximate surface area is 123 Å². The summed E-state index contributed by atoms with van der Waals surface area (Å²) in [5.41, 5.74) is 0.542. The van der Waals surface area contributed by atoms with Gasteiger partial charge in [-0.05, 0) is 12.7 Å². The van der Waals surface area contributed by atoms with Crippen LogP contribution in [0, 0.1) is 0 Å². The van der Waals surface area contributed by atoms with Crippen molar-refractivity contribution in [1.82, 2.24) is 19.8 Å². The predicted molar refractivity (Wildman–Crippen MR) is 79.9 cm³/mol. The van der Waals surface area contributed by atoms with Gasteiger partial charge in [0.05, 0.1) is 18.6 Å². The van der Waals surface area contributed by atoms with E-state index < -0.39 is 0 Å². The Morgan fingerprint density at radius 1 is 1.60 bits per heavy atom. The SMILES string of the molecule is CSCCN1C[C@H](O)C[C@H](NC(=O)c2cncn2C)C1. The summed E-state index contributed by atoms with van der Waals surface area (Å²) < 4.78 is 1.69. The minimum Gasteiger partial charge on any atom is -0.392 e. The molecule has 2 heterocycles. The molecule has 2 N–H and O–H groups in total. The highest BCUT2D eigenvalue weighted by Gasteiger charge is 2.27. The van der Waals surface area contributed by atoms with Crippen molar-refractivity contribution in [2.24, 2.45) is 7.05 Å². The second-order valence-corrected chi connectivity index (χ2v) is 6.19. The number of carbonyl (C=O) groups excluding carboxylic acids is 1. The van der Waals surface area contributed by atoms with Gasteiger partial charge >= 0.3 is 0 Å². The van der Waals surface area contributed by atoms with E-state index in [1.54, 1.807) is 35.9 Å². The number of hydrogen-bond donors (Lipinski definition) is 2. The average Bonchev–Trinajstić information content (AvgIpc) is 2.82. The lowest BCUT2D eigenvalue weighted by Gasteiger charge is -2.35. The fraction of sp³-hybridized carbons (Fsp3) is 0.692. The number of aliphatic hydroxyl groups excluding tert-OH is 1. The van der Waals surface area contributed by atoms with Gasteiger partial charge in [0.15, 0.2) is 0 Å². The Morgan fingerprint density at radius 2 is 2.40 bits per heavy atom. The van der Waals surface area contributed by atoms with Crippen LogP contribution in [-0.4, -0.2) is 69.3 Å². The third kappa shape index (κ3) is 3.97. The van der Waals surface area contributed by atoms with Crippen molar-refractivity contribution >= 4 is 17.7 Å². The Hall–Kier alpha value is -1.05. The van der Waals surface area contributed by atoms with Crippen LogP contribution in [0.2, 0.25) is 0 Å². The van der Waals surface area contributed by atoms with Crippen molar-refractivity contribution in [3.8, 4) is 0 Å². The molecule has 6 nitrogen and oxygen atoms in total. The molecular formula is C13H22N4O2S. The number of thioether (sulfide) groups is 1. The topological polar surface area (TPSA) is 70.4 Å². The Kier molecular flexibility index (Phi) is 5.45. The monoisotopic (exact) mass is 298 g/mol. The average molecular weight is 298 g/mol. The first-order chi connectivity index (χ1) is 9.60. The quantitative estimate of drug-likeness (QED) is 0.797. The van der Waals surface area contributed by atoms with Crippen molar-refractivity contribution < 1.29 is 9.90 Å². The van der Waals surface area contributed by atoms with E-state index in [1.807, 2.05) is 0 Å². The minimum absolute atomic E-state index is 0.0111. The number of β-amino-alcohol motifs (C(OH)–C–C–N with tert-alkyl or cyclic N) is 1. The van der Waals surface area contributed by atoms with Crippen molar-refractivity contribution in [2.45, 2.75) is 18.6 Å². The zero-order chi connectivity index (χ0) is 14.5. The largest absolute Gasteiger partial charge is 0.392 e. The Balaban J connectivity index is 1.91. The second kappa shape index (κ2) is 7.10. The van der Waals surface area contributed by atoms with Crippen molar-refractivity contribution in [3.63, 3.8) is 0 Å². The van der Waals surface area contributed by atoms with Crippen LogP contribution in [0.5, 0.6) is 0 Å². The van der Waals surface area contributed by atoms with Gasteiger partial charge in [-0.15, -0.1) is 0 Å². The molecule has 0 aliphatic carbocycles. The van der Waals surface area contributed by atoms with E-state index in [-0.39, 0.29) is 18.1 Å². The van der Waals surface area contributed by atoms with E-state index in [4.69, 9.17) is 0 Å². The maximum atomic E-state index is 12.1. The summed E-state index contributed by atoms with van der Waals surface area (Å²) in [4.78, 5) is 18.3. The van der Waals surface area contributed by atoms with Crippen LogP contribution in [0.15, 0.2) is 12.5 Å². The van der Waals surface area contributed by atoms with Gasteiger partial charge in [0, 0.05) is 38.5 Å². The highest BCUT2D eigenvalue weighted by Crippen LogP contribution is 2.12. The lowest BCUT2D eigenvalue weighted by molar-refractivity contribution is 0.0519. The predicted octanol–water partition coefficient (Wildman–Crippen LogP) is -0.0519. The lowest BCUT2D eigenvalue weighted by Crippen LogP contribution is -2.53. The zero-order valence-corrected chi connectivity index (χ0v) is 12.8. The number of likely N-dealkylation sites (tertiary alicyclic amines) is 1. The van der Waals surface area contributed by atoms with E-state index in [0.717, 1.165) is 18.8 Å². The minimum atomic E-state index is -0.373. The van der Waals surface area contributed by atoms with Crippen LogP contribution in [0.4, 0.5) is 0 Å². The maximum Gasteiger partial charge on any atom is 0.269 e. The third-order valence-electron chi connectivity index (χ3n) is 3.50. The first kappa shape index (κ1) is 15.3. The first-order valence-corrected chi connectivity index (χ1v) is 8.16. The number of imidazole rings is 1. The fourth-order valence-electron chi connectivity index (χ4n) is 2.50. The maximum absolute atomic E-state index is 12.1. The molecule has 112 valence electrons. The van der Waals surface area contributed by atoms with E-state index in [0.29, 0.717) is 18.7 Å². The second-order valence-electron chi connectivity index (χ2n) is 5.20. The number of nitrogens with one attached hydrogen (secondary N) is 1. The smallest absolute Gasteiger partial charge is 0.269 e. The van der Waals surface area contributed by atoms with Gasteiger partial charge in [-0.25, -0.2) is 4.98 Å². The lowest BCUT2D eigenvalue weighted by atomic mass is 10.0. The summed E-state index contributed by atoms with van der Waals surface area (Å²) in [6.07, 6.45) is 5.47. The summed E-state index contributed by atoms with van der Waals surface area (Å²) in [6, 6.07) is -0.0111. The number of amides is 1. The number of carbonyl (C=O) groups is 1. The molecule has 0 aromatic carbocycles. The highest BCUT2D eigenvalue weighted by molar-refractivity contribution is 7.98. The Morgan fingerprint density at radius 3 is 3.05 bits per heavy atom. The fourth-order valence-corrected chi connectivity index (χ4v) is 2.95. The molecule has 2 rings (SSSR count). The van der Waals surface area contributed by atoms with Crippen LogP contribution in [0.25, 0.3) is 0 Å². The third-order valence-corrected chi connectivity index (χ3v) is 4.09. The molecule has 20 heavy (non-hydrogen) atoms. The van der Waals surface area contributed by atoms with E-state index >= 15 is 0 Å². The van der Waals surface area contributed by atoms with E-state index in [2.05, 4.69) is 21.5 Å². The van der Waals surface area contributed by atoms with E-state index in [1.165, 1.54) is 0 Å². The van der Waals surface area contributed by atoms with Crippen molar-refractivity contribution in [1.29, 1.82) is 0 Å². The molecule has 1 saturated heterocycles. The molecule has 1 aliphatic heterocycles. The van der Waals surface area contributed by atoms with Crippen LogP contribution in [-0.2, 0) is 7.05 Å². The number of aliphatic hydroxyl groups is 1. The molecule has 1 fully saturated rings. The number of aromatic nitrogens is 2. The highest BCUT2D eigenvalue weighted by atomic mass is 32.2. The molecule has 1 aromatic heterocycles. The molecule has 2 atom stereocenters. The number of hydrogen-bond acceptors (Lipinski definition) is 5. The first-order valence-electron chi connectivity index (χ1n) is 6.76. The normalized spacial score (nSPS) is 23.8. The summed E-state index contributed by atoms with van der Waals surface area (Å²) in [7, 11) is 1.79. The molecular weight excluding hydrogens is 276 g/mol. The standard InChI is InChI=1S/C13H22N4O2S/c1-16-9-14-6-12(16)13(19)15-10-5-11(18)8-17(7-10)3-4-20-2/h6,9-11,18H,3-5,7-8H2,1-2H3,(H,15,19)/t10-,11+/m0/s1. The van der Waals surface area contributed by atoms with Crippen LogP contribution in [0.3, 0.4) is 0 Å². The van der Waals surface area contributed by atoms with Crippen molar-refractivity contribution in [2.75, 3.05) is 31.6 Å². The molecule has 0 saturated carbocycles. The van der Waals surface area contributed by atoms with Gasteiger partial charge < -0.3 is 15.0 Å². The molecule has 0 bridgehead atoms. The van der Waals surface area contributed by atoms with Crippen LogP contribution in [0.1, 0.15) is 16.9 Å². The molecule has 7 heteroatoms. The Bertz CT molecular complexity index is 451. The van der Waals surface area contributed by atoms with Gasteiger partial charge in [0.2, 0.25) is 0 Å². The van der Waals surface area contributed by atoms with Gasteiger partial charge in [-0.1, -0.05) is 0 Å². The van der Waals surface area contributed by atoms with Gasteiger partial charge in [-0.3, -0.25) is 9.69 Å². The zero-order valence-electron chi connectivity index (χ0n) is 12.0. The molecule has 0 radical (unpaired) electrons. The summed E-state index contributed by atoms with van der Waals surface area (Å²) >= 11 is 1.79. The summed E-state index contributed by atoms with van der Waals surface area (Å²) in [5, 5.41) is 12.9. The molecule has 0 unspecified atom stereocenters. The van der Waals surface area contributed by atoms with Crippen LogP contribution < -0.4 is 5.32 Å². The summed E-state index contributed by atoms with van der Waals surface area (Å²) in [6.45, 7) is 2.43. The summed E-state index contributed by atoms with van der Waals surface area (Å²) in [5.74, 6) is 0.906. The molecule has 1 aliphatic rings. The van der Waals surface area contributed by atoms with Gasteiger partial charge in [0.25, 0.3) is 5.91 Å². The number of piperidine rings is 1. The number of rotatable bonds is 5. The van der Waals surface area contributed by atoms with Gasteiger partial charge in [-0.2, -0.15) is 11.8 Å². The van der Waals surface area contributed by atoms with Gasteiger partial charge in [0.1, 0.15) is 5.69 Å². The molecule has 1 aromatic rings. The van der Waals surface area contributed by atoms with Crippen molar-refractivity contribution in [3.05, 3.63) is 18.2 Å². The number of aryl methyl sites for hydroxylation is 1. The van der Waals surface area contributed by atoms with Crippen LogP contribution >= 0.6 is 11.8 Å². The molecule has 1 amide bonds.